The number of aromatic amines is 1. The van der Waals surface area contributed by atoms with Crippen molar-refractivity contribution in [2.24, 2.45) is 10.7 Å². The fraction of sp³-hybridized carbons (Fsp3) is 0.250. The van der Waals surface area contributed by atoms with Gasteiger partial charge in [0.05, 0.1) is 36.5 Å². The Hall–Kier alpha value is -3.34. The van der Waals surface area contributed by atoms with Crippen molar-refractivity contribution in [3.8, 4) is 11.8 Å². The van der Waals surface area contributed by atoms with Gasteiger partial charge in [-0.25, -0.2) is 4.98 Å². The lowest BCUT2D eigenvalue weighted by molar-refractivity contribution is 0.417. The minimum absolute atomic E-state index is 0.00756. The number of rotatable bonds is 4. The van der Waals surface area contributed by atoms with Gasteiger partial charge in [0.1, 0.15) is 5.75 Å². The highest BCUT2D eigenvalue weighted by Gasteiger charge is 2.09. The summed E-state index contributed by atoms with van der Waals surface area (Å²) in [6.07, 6.45) is -0.00756. The van der Waals surface area contributed by atoms with Crippen LogP contribution in [0.4, 0.5) is 11.6 Å². The number of guanidine groups is 1. The highest BCUT2D eigenvalue weighted by atomic mass is 16.5. The predicted molar refractivity (Wildman–Crippen MR) is 91.5 cm³/mol. The van der Waals surface area contributed by atoms with E-state index < -0.39 is 5.56 Å². The summed E-state index contributed by atoms with van der Waals surface area (Å²) in [6, 6.07) is 7.51. The van der Waals surface area contributed by atoms with Crippen molar-refractivity contribution < 1.29 is 4.74 Å². The number of aliphatic imine (C=N–C) groups is 1. The number of hydrogen-bond donors (Lipinski definition) is 3. The lowest BCUT2D eigenvalue weighted by Crippen LogP contribution is -2.23. The number of nitrogens with one attached hydrogen (secondary N) is 2. The Labute approximate surface area is 139 Å². The first-order chi connectivity index (χ1) is 11.4. The van der Waals surface area contributed by atoms with Gasteiger partial charge in [0.15, 0.2) is 0 Å². The number of methoxy groups -OCH3 is 1. The summed E-state index contributed by atoms with van der Waals surface area (Å²) < 4.78 is 5.26. The van der Waals surface area contributed by atoms with Gasteiger partial charge < -0.3 is 15.8 Å². The molecule has 0 radical (unpaired) electrons. The molecule has 0 unspecified atom stereocenters. The maximum Gasteiger partial charge on any atom is 0.256 e. The van der Waals surface area contributed by atoms with Crippen molar-refractivity contribution in [2.75, 3.05) is 12.4 Å². The summed E-state index contributed by atoms with van der Waals surface area (Å²) in [5.41, 5.74) is 7.92. The zero-order chi connectivity index (χ0) is 17.7. The van der Waals surface area contributed by atoms with Crippen molar-refractivity contribution in [3.05, 3.63) is 45.4 Å². The number of benzene rings is 1. The molecule has 2 aromatic rings. The van der Waals surface area contributed by atoms with Gasteiger partial charge in [-0.1, -0.05) is 6.07 Å². The standard InChI is InChI=1S/C16H18N6O2/c1-9-4-5-13(24-3)12(8-9)20-15(18)22-16-19-10(2)11(6-7-17)14(23)21-16/h4-5,8H,6H2,1-3H3,(H4,18,19,20,21,22,23). The number of nitriles is 1. The molecule has 0 aliphatic heterocycles. The SMILES string of the molecule is COc1ccc(C)cc1NC(N)=Nc1nc(C)c(CC#N)c(=O)[nH]1. The molecular formula is C16H18N6O2. The molecule has 0 bridgehead atoms. The number of aryl methyl sites for hydroxylation is 2. The van der Waals surface area contributed by atoms with Gasteiger partial charge in [-0.15, -0.1) is 0 Å². The minimum Gasteiger partial charge on any atom is -0.495 e. The maximum atomic E-state index is 11.9. The molecule has 0 saturated carbocycles. The Bertz CT molecular complexity index is 879. The summed E-state index contributed by atoms with van der Waals surface area (Å²) in [6.45, 7) is 3.59. The maximum absolute atomic E-state index is 11.9. The molecule has 1 heterocycles. The Morgan fingerprint density at radius 2 is 2.25 bits per heavy atom. The molecule has 1 aromatic carbocycles. The third kappa shape index (κ3) is 3.89. The first kappa shape index (κ1) is 17.0. The largest absolute Gasteiger partial charge is 0.495 e. The topological polar surface area (TPSA) is 129 Å². The first-order valence-corrected chi connectivity index (χ1v) is 7.17. The van der Waals surface area contributed by atoms with Crippen molar-refractivity contribution in [2.45, 2.75) is 20.3 Å². The van der Waals surface area contributed by atoms with E-state index in [0.717, 1.165) is 5.56 Å². The summed E-state index contributed by atoms with van der Waals surface area (Å²) in [7, 11) is 1.56. The summed E-state index contributed by atoms with van der Waals surface area (Å²) in [4.78, 5) is 22.6. The Balaban J connectivity index is 2.31. The van der Waals surface area contributed by atoms with Gasteiger partial charge in [-0.2, -0.15) is 10.3 Å². The molecule has 124 valence electrons. The van der Waals surface area contributed by atoms with Crippen LogP contribution in [0.3, 0.4) is 0 Å². The molecule has 2 rings (SSSR count). The average molecular weight is 326 g/mol. The molecule has 4 N–H and O–H groups in total. The first-order valence-electron chi connectivity index (χ1n) is 7.17. The third-order valence-corrected chi connectivity index (χ3v) is 3.31. The molecule has 0 amide bonds. The lowest BCUT2D eigenvalue weighted by atomic mass is 10.2. The van der Waals surface area contributed by atoms with Crippen LogP contribution in [-0.4, -0.2) is 23.0 Å². The molecule has 0 aliphatic rings. The Morgan fingerprint density at radius 1 is 1.50 bits per heavy atom. The van der Waals surface area contributed by atoms with Crippen LogP contribution < -0.4 is 21.3 Å². The highest BCUT2D eigenvalue weighted by molar-refractivity contribution is 5.95. The smallest absolute Gasteiger partial charge is 0.256 e. The van der Waals surface area contributed by atoms with Crippen LogP contribution in [-0.2, 0) is 6.42 Å². The summed E-state index contributed by atoms with van der Waals surface area (Å²) >= 11 is 0. The molecule has 0 spiro atoms. The third-order valence-electron chi connectivity index (χ3n) is 3.31. The number of anilines is 1. The lowest BCUT2D eigenvalue weighted by Gasteiger charge is -2.11. The molecule has 8 nitrogen and oxygen atoms in total. The van der Waals surface area contributed by atoms with Crippen LogP contribution in [0, 0.1) is 25.2 Å². The van der Waals surface area contributed by atoms with E-state index >= 15 is 0 Å². The average Bonchev–Trinajstić information content (AvgIpc) is 2.51. The van der Waals surface area contributed by atoms with E-state index in [4.69, 9.17) is 15.7 Å². The van der Waals surface area contributed by atoms with Crippen molar-refractivity contribution in [1.29, 1.82) is 5.26 Å². The van der Waals surface area contributed by atoms with E-state index in [1.807, 2.05) is 31.2 Å². The summed E-state index contributed by atoms with van der Waals surface area (Å²) in [5, 5.41) is 11.6. The second-order valence-corrected chi connectivity index (χ2v) is 5.11. The van der Waals surface area contributed by atoms with E-state index in [-0.39, 0.29) is 18.3 Å². The fourth-order valence-corrected chi connectivity index (χ4v) is 2.14. The van der Waals surface area contributed by atoms with Crippen LogP contribution >= 0.6 is 0 Å². The van der Waals surface area contributed by atoms with Gasteiger partial charge in [0, 0.05) is 0 Å². The predicted octanol–water partition coefficient (Wildman–Crippen LogP) is 1.52. The summed E-state index contributed by atoms with van der Waals surface area (Å²) in [5.74, 6) is 0.728. The van der Waals surface area contributed by atoms with Crippen LogP contribution in [0.5, 0.6) is 5.75 Å². The molecule has 24 heavy (non-hydrogen) atoms. The zero-order valence-electron chi connectivity index (χ0n) is 13.7. The number of hydrogen-bond acceptors (Lipinski definition) is 5. The van der Waals surface area contributed by atoms with E-state index in [1.165, 1.54) is 0 Å². The van der Waals surface area contributed by atoms with Crippen LogP contribution in [0.1, 0.15) is 16.8 Å². The highest BCUT2D eigenvalue weighted by Crippen LogP contribution is 2.25. The normalized spacial score (nSPS) is 11.0. The van der Waals surface area contributed by atoms with Crippen LogP contribution in [0.2, 0.25) is 0 Å². The van der Waals surface area contributed by atoms with Gasteiger partial charge >= 0.3 is 0 Å². The monoisotopic (exact) mass is 326 g/mol. The van der Waals surface area contributed by atoms with Gasteiger partial charge in [-0.05, 0) is 31.5 Å². The molecule has 8 heteroatoms. The van der Waals surface area contributed by atoms with Gasteiger partial charge in [-0.3, -0.25) is 9.78 Å². The number of aromatic nitrogens is 2. The van der Waals surface area contributed by atoms with E-state index in [0.29, 0.717) is 22.7 Å². The van der Waals surface area contributed by atoms with Crippen molar-refractivity contribution in [3.63, 3.8) is 0 Å². The van der Waals surface area contributed by atoms with Gasteiger partial charge in [0.2, 0.25) is 11.9 Å². The molecule has 0 aliphatic carbocycles. The Morgan fingerprint density at radius 3 is 2.88 bits per heavy atom. The van der Waals surface area contributed by atoms with Gasteiger partial charge in [0.25, 0.3) is 5.56 Å². The number of nitrogens with two attached hydrogens (primary N) is 1. The fourth-order valence-electron chi connectivity index (χ4n) is 2.14. The van der Waals surface area contributed by atoms with E-state index in [1.54, 1.807) is 14.0 Å². The van der Waals surface area contributed by atoms with E-state index in [9.17, 15) is 4.79 Å². The molecular weight excluding hydrogens is 308 g/mol. The second-order valence-electron chi connectivity index (χ2n) is 5.11. The number of nitrogens with zero attached hydrogens (tertiary/aromatic N) is 3. The number of ether oxygens (including phenoxy) is 1. The quantitative estimate of drug-likeness (QED) is 0.577. The van der Waals surface area contributed by atoms with Crippen molar-refractivity contribution in [1.82, 2.24) is 9.97 Å². The van der Waals surface area contributed by atoms with Crippen molar-refractivity contribution >= 4 is 17.6 Å². The number of H-pyrrole nitrogens is 1. The Kier molecular flexibility index (Phi) is 5.16. The molecule has 0 atom stereocenters. The van der Waals surface area contributed by atoms with E-state index in [2.05, 4.69) is 20.3 Å². The molecule has 0 saturated heterocycles. The molecule has 0 fully saturated rings. The van der Waals surface area contributed by atoms with Crippen LogP contribution in [0.15, 0.2) is 28.0 Å². The second kappa shape index (κ2) is 7.28. The zero-order valence-corrected chi connectivity index (χ0v) is 13.7. The molecule has 1 aromatic heterocycles. The minimum atomic E-state index is -0.399. The van der Waals surface area contributed by atoms with Crippen LogP contribution in [0.25, 0.3) is 0 Å².